The summed E-state index contributed by atoms with van der Waals surface area (Å²) in [5.74, 6) is -1.35. The Kier molecular flexibility index (Phi) is 6.02. The summed E-state index contributed by atoms with van der Waals surface area (Å²) in [7, 11) is 1.24. The van der Waals surface area contributed by atoms with Crippen molar-refractivity contribution < 1.29 is 24.4 Å². The van der Waals surface area contributed by atoms with Crippen molar-refractivity contribution in [2.75, 3.05) is 7.11 Å². The number of carbonyl (C=O) groups excluding carboxylic acids is 2. The van der Waals surface area contributed by atoms with E-state index in [0.29, 0.717) is 27.4 Å². The molecule has 0 aromatic heterocycles. The molecule has 2 aromatic rings. The molecule has 1 saturated heterocycles. The number of rotatable bonds is 5. The molecule has 150 valence electrons. The molecule has 1 aliphatic heterocycles. The van der Waals surface area contributed by atoms with Gasteiger partial charge in [-0.3, -0.25) is 24.6 Å². The van der Waals surface area contributed by atoms with E-state index in [2.05, 4.69) is 0 Å². The largest absolute Gasteiger partial charge is 0.500 e. The molecule has 0 bridgehead atoms. The molecule has 0 aliphatic carbocycles. The average Bonchev–Trinajstić information content (AvgIpc) is 2.92. The molecule has 1 N–H and O–H groups in total. The standard InChI is InChI=1S/C18H12Cl2N2O6S/c1-28-14-6-9(5-13(16(14)23)22(26)27)7-15-17(24)21(18(25)29-15)8-10-11(19)3-2-4-12(10)20/h2-7,23H,8H2,1H3/b15-7-. The molecule has 0 spiro atoms. The number of amides is 2. The van der Waals surface area contributed by atoms with Crippen LogP contribution in [0.3, 0.4) is 0 Å². The number of methoxy groups -OCH3 is 1. The number of benzene rings is 2. The van der Waals surface area contributed by atoms with Gasteiger partial charge in [-0.25, -0.2) is 0 Å². The van der Waals surface area contributed by atoms with Gasteiger partial charge in [-0.2, -0.15) is 0 Å². The molecule has 29 heavy (non-hydrogen) atoms. The van der Waals surface area contributed by atoms with Crippen LogP contribution in [0.1, 0.15) is 11.1 Å². The predicted molar refractivity (Wildman–Crippen MR) is 109 cm³/mol. The number of hydrogen-bond acceptors (Lipinski definition) is 7. The molecule has 1 fully saturated rings. The number of phenols is 1. The van der Waals surface area contributed by atoms with Crippen LogP contribution in [0.15, 0.2) is 35.2 Å². The lowest BCUT2D eigenvalue weighted by Crippen LogP contribution is -2.27. The Morgan fingerprint density at radius 3 is 2.52 bits per heavy atom. The van der Waals surface area contributed by atoms with Gasteiger partial charge in [0, 0.05) is 21.7 Å². The second-order valence-corrected chi connectivity index (χ2v) is 7.62. The first-order valence-electron chi connectivity index (χ1n) is 7.96. The maximum atomic E-state index is 12.7. The van der Waals surface area contributed by atoms with Crippen LogP contribution in [-0.2, 0) is 11.3 Å². The van der Waals surface area contributed by atoms with E-state index in [0.717, 1.165) is 11.0 Å². The minimum atomic E-state index is -0.777. The molecule has 0 atom stereocenters. The number of hydrogen-bond donors (Lipinski definition) is 1. The van der Waals surface area contributed by atoms with E-state index < -0.39 is 27.5 Å². The number of nitro benzene ring substituents is 1. The van der Waals surface area contributed by atoms with E-state index in [9.17, 15) is 24.8 Å². The normalized spacial score (nSPS) is 15.3. The van der Waals surface area contributed by atoms with Crippen molar-refractivity contribution >= 4 is 57.9 Å². The van der Waals surface area contributed by atoms with Crippen molar-refractivity contribution in [2.24, 2.45) is 0 Å². The molecule has 1 heterocycles. The molecular weight excluding hydrogens is 443 g/mol. The summed E-state index contributed by atoms with van der Waals surface area (Å²) in [5.41, 5.74) is 0.0617. The van der Waals surface area contributed by atoms with Gasteiger partial charge >= 0.3 is 5.69 Å². The van der Waals surface area contributed by atoms with Crippen molar-refractivity contribution in [1.29, 1.82) is 0 Å². The number of ether oxygens (including phenoxy) is 1. The van der Waals surface area contributed by atoms with Crippen molar-refractivity contribution in [3.8, 4) is 11.5 Å². The van der Waals surface area contributed by atoms with Crippen LogP contribution in [0.25, 0.3) is 6.08 Å². The van der Waals surface area contributed by atoms with E-state index in [1.165, 1.54) is 19.3 Å². The number of nitrogens with zero attached hydrogens (tertiary/aromatic N) is 2. The first kappa shape index (κ1) is 21.0. The molecule has 0 radical (unpaired) electrons. The monoisotopic (exact) mass is 454 g/mol. The van der Waals surface area contributed by atoms with E-state index in [1.807, 2.05) is 0 Å². The lowest BCUT2D eigenvalue weighted by Gasteiger charge is -2.14. The number of halogens is 2. The lowest BCUT2D eigenvalue weighted by molar-refractivity contribution is -0.386. The Bertz CT molecular complexity index is 1050. The highest BCUT2D eigenvalue weighted by molar-refractivity contribution is 8.18. The zero-order chi connectivity index (χ0) is 21.3. The van der Waals surface area contributed by atoms with Gasteiger partial charge in [0.2, 0.25) is 5.75 Å². The van der Waals surface area contributed by atoms with Crippen LogP contribution in [0, 0.1) is 10.1 Å². The number of carbonyl (C=O) groups is 2. The predicted octanol–water partition coefficient (Wildman–Crippen LogP) is 4.85. The molecule has 3 rings (SSSR count). The second-order valence-electron chi connectivity index (χ2n) is 5.82. The van der Waals surface area contributed by atoms with Crippen LogP contribution in [0.4, 0.5) is 10.5 Å². The summed E-state index contributed by atoms with van der Waals surface area (Å²) in [4.78, 5) is 36.4. The third-order valence-electron chi connectivity index (χ3n) is 4.04. The van der Waals surface area contributed by atoms with Gasteiger partial charge in [-0.05, 0) is 41.6 Å². The number of imide groups is 1. The van der Waals surface area contributed by atoms with Crippen LogP contribution in [-0.4, -0.2) is 33.2 Å². The first-order chi connectivity index (χ1) is 13.7. The quantitative estimate of drug-likeness (QED) is 0.390. The third kappa shape index (κ3) is 4.16. The maximum absolute atomic E-state index is 12.7. The smallest absolute Gasteiger partial charge is 0.315 e. The Balaban J connectivity index is 1.94. The molecule has 0 saturated carbocycles. The number of aromatic hydroxyl groups is 1. The van der Waals surface area contributed by atoms with Gasteiger partial charge in [0.05, 0.1) is 23.5 Å². The van der Waals surface area contributed by atoms with Crippen LogP contribution < -0.4 is 4.74 Å². The Labute approximate surface area is 178 Å². The highest BCUT2D eigenvalue weighted by Crippen LogP contribution is 2.40. The minimum absolute atomic E-state index is 0.0558. The third-order valence-corrected chi connectivity index (χ3v) is 5.66. The molecule has 0 unspecified atom stereocenters. The molecule has 2 amide bonds. The molecule has 11 heteroatoms. The van der Waals surface area contributed by atoms with Crippen molar-refractivity contribution in [3.63, 3.8) is 0 Å². The van der Waals surface area contributed by atoms with E-state index in [1.54, 1.807) is 18.2 Å². The zero-order valence-corrected chi connectivity index (χ0v) is 17.0. The Hall–Kier alpha value is -2.75. The van der Waals surface area contributed by atoms with Crippen LogP contribution in [0.2, 0.25) is 10.0 Å². The molecule has 2 aromatic carbocycles. The second kappa shape index (κ2) is 8.32. The van der Waals surface area contributed by atoms with Crippen molar-refractivity contribution in [2.45, 2.75) is 6.54 Å². The summed E-state index contributed by atoms with van der Waals surface area (Å²) < 4.78 is 4.93. The summed E-state index contributed by atoms with van der Waals surface area (Å²) in [5, 5.41) is 21.1. The van der Waals surface area contributed by atoms with E-state index >= 15 is 0 Å². The summed E-state index contributed by atoms with van der Waals surface area (Å²) >= 11 is 12.9. The van der Waals surface area contributed by atoms with Gasteiger partial charge in [0.15, 0.2) is 5.75 Å². The van der Waals surface area contributed by atoms with Crippen molar-refractivity contribution in [1.82, 2.24) is 4.90 Å². The topological polar surface area (TPSA) is 110 Å². The SMILES string of the molecule is COc1cc(/C=C2\SC(=O)N(Cc3c(Cl)cccc3Cl)C2=O)cc([N+](=O)[O-])c1O. The average molecular weight is 455 g/mol. The van der Waals surface area contributed by atoms with Crippen LogP contribution >= 0.6 is 35.0 Å². The first-order valence-corrected chi connectivity index (χ1v) is 9.53. The van der Waals surface area contributed by atoms with Gasteiger partial charge in [0.25, 0.3) is 11.1 Å². The fraction of sp³-hybridized carbons (Fsp3) is 0.111. The van der Waals surface area contributed by atoms with Gasteiger partial charge in [-0.1, -0.05) is 29.3 Å². The highest BCUT2D eigenvalue weighted by Gasteiger charge is 2.36. The molecule has 8 nitrogen and oxygen atoms in total. The number of nitro groups is 1. The van der Waals surface area contributed by atoms with Crippen LogP contribution in [0.5, 0.6) is 11.5 Å². The Morgan fingerprint density at radius 1 is 1.28 bits per heavy atom. The summed E-state index contributed by atoms with van der Waals surface area (Å²) in [6.45, 7) is -0.112. The fourth-order valence-electron chi connectivity index (χ4n) is 2.62. The number of thioether (sulfide) groups is 1. The van der Waals surface area contributed by atoms with Gasteiger partial charge in [0.1, 0.15) is 0 Å². The highest BCUT2D eigenvalue weighted by atomic mass is 35.5. The van der Waals surface area contributed by atoms with E-state index in [-0.39, 0.29) is 22.8 Å². The minimum Gasteiger partial charge on any atom is -0.500 e. The molecular formula is C18H12Cl2N2O6S. The molecule has 1 aliphatic rings. The lowest BCUT2D eigenvalue weighted by atomic mass is 10.1. The number of phenolic OH excluding ortho intramolecular Hbond substituents is 1. The van der Waals surface area contributed by atoms with Crippen molar-refractivity contribution in [3.05, 3.63) is 66.5 Å². The summed E-state index contributed by atoms with van der Waals surface area (Å²) in [6.07, 6.45) is 1.31. The summed E-state index contributed by atoms with van der Waals surface area (Å²) in [6, 6.07) is 7.24. The maximum Gasteiger partial charge on any atom is 0.315 e. The zero-order valence-electron chi connectivity index (χ0n) is 14.7. The fourth-order valence-corrected chi connectivity index (χ4v) is 3.98. The van der Waals surface area contributed by atoms with Gasteiger partial charge < -0.3 is 9.84 Å². The Morgan fingerprint density at radius 2 is 1.93 bits per heavy atom. The van der Waals surface area contributed by atoms with E-state index in [4.69, 9.17) is 27.9 Å². The van der Waals surface area contributed by atoms with Gasteiger partial charge in [-0.15, -0.1) is 0 Å².